The van der Waals surface area contributed by atoms with Crippen LogP contribution in [0.25, 0.3) is 0 Å². The molecule has 1 aliphatic carbocycles. The molecule has 0 saturated heterocycles. The van der Waals surface area contributed by atoms with E-state index in [9.17, 15) is 0 Å². The molecule has 16 heavy (non-hydrogen) atoms. The smallest absolute Gasteiger partial charge is 0.00699 e. The van der Waals surface area contributed by atoms with Gasteiger partial charge in [0.2, 0.25) is 0 Å². The third-order valence-corrected chi connectivity index (χ3v) is 5.30. The van der Waals surface area contributed by atoms with E-state index in [4.69, 9.17) is 0 Å². The molecule has 0 aliphatic heterocycles. The van der Waals surface area contributed by atoms with E-state index in [0.717, 1.165) is 23.1 Å². The van der Waals surface area contributed by atoms with Gasteiger partial charge in [-0.3, -0.25) is 0 Å². The highest BCUT2D eigenvalue weighted by Crippen LogP contribution is 2.23. The Morgan fingerprint density at radius 2 is 2.00 bits per heavy atom. The van der Waals surface area contributed by atoms with Gasteiger partial charge in [-0.15, -0.1) is 0 Å². The second-order valence-electron chi connectivity index (χ2n) is 5.74. The molecule has 0 bridgehead atoms. The van der Waals surface area contributed by atoms with E-state index >= 15 is 0 Å². The van der Waals surface area contributed by atoms with Crippen LogP contribution >= 0.6 is 11.8 Å². The zero-order chi connectivity index (χ0) is 12.0. The number of rotatable bonds is 6. The summed E-state index contributed by atoms with van der Waals surface area (Å²) >= 11 is 2.11. The maximum Gasteiger partial charge on any atom is 0.00699 e. The van der Waals surface area contributed by atoms with Crippen molar-refractivity contribution in [2.24, 2.45) is 11.8 Å². The van der Waals surface area contributed by atoms with Crippen molar-refractivity contribution in [3.8, 4) is 0 Å². The highest BCUT2D eigenvalue weighted by molar-refractivity contribution is 7.99. The minimum Gasteiger partial charge on any atom is -0.313 e. The Labute approximate surface area is 106 Å². The summed E-state index contributed by atoms with van der Waals surface area (Å²) in [5.41, 5.74) is 0. The van der Waals surface area contributed by atoms with Crippen LogP contribution in [-0.2, 0) is 0 Å². The largest absolute Gasteiger partial charge is 0.313 e. The van der Waals surface area contributed by atoms with Gasteiger partial charge in [-0.05, 0) is 24.7 Å². The minimum atomic E-state index is 0.798. The summed E-state index contributed by atoms with van der Waals surface area (Å²) in [6, 6.07) is 0.804. The van der Waals surface area contributed by atoms with E-state index in [1.54, 1.807) is 0 Å². The van der Waals surface area contributed by atoms with Crippen LogP contribution in [0.2, 0.25) is 0 Å². The zero-order valence-electron chi connectivity index (χ0n) is 11.5. The summed E-state index contributed by atoms with van der Waals surface area (Å²) in [6.45, 7) is 10.6. The Kier molecular flexibility index (Phi) is 6.83. The molecule has 0 aromatic heterocycles. The van der Waals surface area contributed by atoms with Gasteiger partial charge in [-0.25, -0.2) is 0 Å². The SMILES string of the molecule is CC1CCCC(NCCSC(C)C(C)C)C1. The first kappa shape index (κ1) is 14.4. The van der Waals surface area contributed by atoms with Crippen LogP contribution in [0.4, 0.5) is 0 Å². The first-order chi connectivity index (χ1) is 7.59. The molecule has 0 radical (unpaired) electrons. The van der Waals surface area contributed by atoms with Crippen molar-refractivity contribution in [1.29, 1.82) is 0 Å². The van der Waals surface area contributed by atoms with E-state index in [-0.39, 0.29) is 0 Å². The van der Waals surface area contributed by atoms with Crippen LogP contribution in [0.5, 0.6) is 0 Å². The van der Waals surface area contributed by atoms with Crippen molar-refractivity contribution < 1.29 is 0 Å². The molecule has 1 nitrogen and oxygen atoms in total. The lowest BCUT2D eigenvalue weighted by Gasteiger charge is -2.27. The highest BCUT2D eigenvalue weighted by Gasteiger charge is 2.17. The molecule has 3 unspecified atom stereocenters. The Morgan fingerprint density at radius 3 is 2.62 bits per heavy atom. The molecule has 3 atom stereocenters. The predicted octanol–water partition coefficient (Wildman–Crippen LogP) is 3.93. The van der Waals surface area contributed by atoms with Gasteiger partial charge >= 0.3 is 0 Å². The third kappa shape index (κ3) is 5.58. The van der Waals surface area contributed by atoms with E-state index in [0.29, 0.717) is 0 Å². The quantitative estimate of drug-likeness (QED) is 0.709. The minimum absolute atomic E-state index is 0.798. The van der Waals surface area contributed by atoms with Gasteiger partial charge in [-0.1, -0.05) is 40.5 Å². The van der Waals surface area contributed by atoms with Crippen molar-refractivity contribution in [2.45, 2.75) is 64.7 Å². The van der Waals surface area contributed by atoms with Crippen molar-refractivity contribution in [3.63, 3.8) is 0 Å². The summed E-state index contributed by atoms with van der Waals surface area (Å²) in [5, 5.41) is 4.52. The first-order valence-corrected chi connectivity index (χ1v) is 7.99. The summed E-state index contributed by atoms with van der Waals surface area (Å²) in [4.78, 5) is 0. The van der Waals surface area contributed by atoms with E-state index in [1.165, 1.54) is 38.0 Å². The summed E-state index contributed by atoms with van der Waals surface area (Å²) in [7, 11) is 0. The molecule has 0 spiro atoms. The van der Waals surface area contributed by atoms with E-state index in [1.807, 2.05) is 0 Å². The van der Waals surface area contributed by atoms with Crippen LogP contribution < -0.4 is 5.32 Å². The topological polar surface area (TPSA) is 12.0 Å². The lowest BCUT2D eigenvalue weighted by atomic mass is 9.87. The fraction of sp³-hybridized carbons (Fsp3) is 1.00. The number of nitrogens with one attached hydrogen (secondary N) is 1. The molecular weight excluding hydrogens is 214 g/mol. The highest BCUT2D eigenvalue weighted by atomic mass is 32.2. The lowest BCUT2D eigenvalue weighted by molar-refractivity contribution is 0.306. The van der Waals surface area contributed by atoms with Crippen LogP contribution in [0.3, 0.4) is 0 Å². The molecule has 0 amide bonds. The standard InChI is InChI=1S/C14H29NS/c1-11(2)13(4)16-9-8-15-14-7-5-6-12(3)10-14/h11-15H,5-10H2,1-4H3. The molecule has 1 rings (SSSR count). The predicted molar refractivity (Wildman–Crippen MR) is 76.2 cm³/mol. The van der Waals surface area contributed by atoms with Gasteiger partial charge in [-0.2, -0.15) is 11.8 Å². The van der Waals surface area contributed by atoms with Crippen molar-refractivity contribution >= 4 is 11.8 Å². The molecule has 1 aliphatic rings. The molecule has 1 fully saturated rings. The second kappa shape index (κ2) is 7.60. The van der Waals surface area contributed by atoms with Crippen LogP contribution in [0, 0.1) is 11.8 Å². The molecular formula is C14H29NS. The average molecular weight is 243 g/mol. The van der Waals surface area contributed by atoms with Gasteiger partial charge in [0.1, 0.15) is 0 Å². The zero-order valence-corrected chi connectivity index (χ0v) is 12.3. The number of hydrogen-bond donors (Lipinski definition) is 1. The van der Waals surface area contributed by atoms with E-state index in [2.05, 4.69) is 44.8 Å². The molecule has 2 heteroatoms. The molecule has 96 valence electrons. The Bertz CT molecular complexity index is 182. The van der Waals surface area contributed by atoms with Gasteiger partial charge in [0.15, 0.2) is 0 Å². The van der Waals surface area contributed by atoms with Gasteiger partial charge in [0.05, 0.1) is 0 Å². The van der Waals surface area contributed by atoms with Crippen LogP contribution in [-0.4, -0.2) is 23.6 Å². The molecule has 1 N–H and O–H groups in total. The number of hydrogen-bond acceptors (Lipinski definition) is 2. The lowest BCUT2D eigenvalue weighted by Crippen LogP contribution is -2.35. The van der Waals surface area contributed by atoms with E-state index < -0.39 is 0 Å². The maximum atomic E-state index is 3.73. The second-order valence-corrected chi connectivity index (χ2v) is 7.23. The third-order valence-electron chi connectivity index (χ3n) is 3.79. The van der Waals surface area contributed by atoms with Crippen LogP contribution in [0.15, 0.2) is 0 Å². The van der Waals surface area contributed by atoms with Gasteiger partial charge in [0, 0.05) is 23.6 Å². The van der Waals surface area contributed by atoms with Gasteiger partial charge < -0.3 is 5.32 Å². The monoisotopic (exact) mass is 243 g/mol. The Hall–Kier alpha value is 0.310. The normalized spacial score (nSPS) is 28.3. The van der Waals surface area contributed by atoms with Crippen molar-refractivity contribution in [1.82, 2.24) is 5.32 Å². The summed E-state index contributed by atoms with van der Waals surface area (Å²) in [6.07, 6.45) is 5.66. The molecule has 0 aromatic carbocycles. The molecule has 0 heterocycles. The van der Waals surface area contributed by atoms with Crippen molar-refractivity contribution in [3.05, 3.63) is 0 Å². The Morgan fingerprint density at radius 1 is 1.25 bits per heavy atom. The van der Waals surface area contributed by atoms with Crippen LogP contribution in [0.1, 0.15) is 53.4 Å². The maximum absolute atomic E-state index is 3.73. The van der Waals surface area contributed by atoms with Crippen molar-refractivity contribution in [2.75, 3.05) is 12.3 Å². The number of thioether (sulfide) groups is 1. The fourth-order valence-corrected chi connectivity index (χ4v) is 3.31. The Balaban J connectivity index is 2.02. The van der Waals surface area contributed by atoms with Gasteiger partial charge in [0.25, 0.3) is 0 Å². The molecule has 1 saturated carbocycles. The molecule has 0 aromatic rings. The summed E-state index contributed by atoms with van der Waals surface area (Å²) in [5.74, 6) is 3.01. The summed E-state index contributed by atoms with van der Waals surface area (Å²) < 4.78 is 0. The fourth-order valence-electron chi connectivity index (χ4n) is 2.32. The average Bonchev–Trinajstić information content (AvgIpc) is 2.24. The first-order valence-electron chi connectivity index (χ1n) is 6.94.